The summed E-state index contributed by atoms with van der Waals surface area (Å²) < 4.78 is 0. The largest absolute Gasteiger partial charge is 0.343 e. The maximum Gasteiger partial charge on any atom is 0.226 e. The SMILES string of the molecule is CCC(=O)N(c1ccc2c(c1)CCN2C(C)=O)C1CCN(C(C)=O)CC1. The van der Waals surface area contributed by atoms with E-state index in [2.05, 4.69) is 6.07 Å². The molecule has 1 fully saturated rings. The molecule has 0 saturated carbocycles. The Hall–Kier alpha value is -2.37. The van der Waals surface area contributed by atoms with Crippen molar-refractivity contribution in [1.82, 2.24) is 4.90 Å². The maximum atomic E-state index is 12.7. The van der Waals surface area contributed by atoms with Gasteiger partial charge in [0.2, 0.25) is 17.7 Å². The molecule has 3 rings (SSSR count). The molecule has 6 heteroatoms. The first kappa shape index (κ1) is 18.4. The van der Waals surface area contributed by atoms with Crippen LogP contribution >= 0.6 is 0 Å². The molecule has 26 heavy (non-hydrogen) atoms. The van der Waals surface area contributed by atoms with Crippen LogP contribution in [-0.2, 0) is 20.8 Å². The number of anilines is 2. The van der Waals surface area contributed by atoms with E-state index < -0.39 is 0 Å². The van der Waals surface area contributed by atoms with Crippen LogP contribution < -0.4 is 9.80 Å². The molecule has 0 aromatic heterocycles. The van der Waals surface area contributed by atoms with Gasteiger partial charge in [0.05, 0.1) is 0 Å². The molecule has 1 aromatic rings. The molecule has 1 aromatic carbocycles. The van der Waals surface area contributed by atoms with Gasteiger partial charge in [-0.1, -0.05) is 6.92 Å². The van der Waals surface area contributed by atoms with Gasteiger partial charge < -0.3 is 14.7 Å². The molecule has 0 radical (unpaired) electrons. The van der Waals surface area contributed by atoms with Gasteiger partial charge in [-0.25, -0.2) is 0 Å². The maximum absolute atomic E-state index is 12.7. The second-order valence-corrected chi connectivity index (χ2v) is 7.09. The summed E-state index contributed by atoms with van der Waals surface area (Å²) in [6.45, 7) is 7.14. The summed E-state index contributed by atoms with van der Waals surface area (Å²) in [5.41, 5.74) is 2.98. The number of rotatable bonds is 3. The lowest BCUT2D eigenvalue weighted by atomic mass is 10.0. The van der Waals surface area contributed by atoms with Crippen LogP contribution in [0.4, 0.5) is 11.4 Å². The Morgan fingerprint density at radius 3 is 2.35 bits per heavy atom. The highest BCUT2D eigenvalue weighted by molar-refractivity contribution is 5.96. The lowest BCUT2D eigenvalue weighted by Gasteiger charge is -2.38. The van der Waals surface area contributed by atoms with E-state index in [0.717, 1.165) is 36.2 Å². The number of amides is 3. The zero-order valence-electron chi connectivity index (χ0n) is 15.8. The van der Waals surface area contributed by atoms with Gasteiger partial charge in [-0.15, -0.1) is 0 Å². The second-order valence-electron chi connectivity index (χ2n) is 7.09. The van der Waals surface area contributed by atoms with Crippen molar-refractivity contribution in [1.29, 1.82) is 0 Å². The topological polar surface area (TPSA) is 60.9 Å². The molecular weight excluding hydrogens is 330 g/mol. The van der Waals surface area contributed by atoms with Crippen molar-refractivity contribution in [2.45, 2.75) is 52.5 Å². The molecule has 1 saturated heterocycles. The van der Waals surface area contributed by atoms with Crippen LogP contribution in [0.2, 0.25) is 0 Å². The Bertz CT molecular complexity index is 723. The number of carbonyl (C=O) groups is 3. The van der Waals surface area contributed by atoms with Gasteiger partial charge in [0.15, 0.2) is 0 Å². The van der Waals surface area contributed by atoms with Crippen molar-refractivity contribution in [3.8, 4) is 0 Å². The smallest absolute Gasteiger partial charge is 0.226 e. The number of hydrogen-bond donors (Lipinski definition) is 0. The third-order valence-electron chi connectivity index (χ3n) is 5.46. The van der Waals surface area contributed by atoms with Gasteiger partial charge in [-0.3, -0.25) is 14.4 Å². The van der Waals surface area contributed by atoms with Crippen LogP contribution in [0.25, 0.3) is 0 Å². The van der Waals surface area contributed by atoms with Crippen LogP contribution in [0.15, 0.2) is 18.2 Å². The fourth-order valence-corrected chi connectivity index (χ4v) is 4.03. The van der Waals surface area contributed by atoms with Crippen LogP contribution in [0.3, 0.4) is 0 Å². The molecule has 6 nitrogen and oxygen atoms in total. The minimum absolute atomic E-state index is 0.0506. The number of benzene rings is 1. The van der Waals surface area contributed by atoms with E-state index >= 15 is 0 Å². The fraction of sp³-hybridized carbons (Fsp3) is 0.550. The van der Waals surface area contributed by atoms with E-state index in [0.29, 0.717) is 26.1 Å². The quantitative estimate of drug-likeness (QED) is 0.834. The Balaban J connectivity index is 1.85. The molecule has 2 aliphatic rings. The van der Waals surface area contributed by atoms with E-state index in [9.17, 15) is 14.4 Å². The van der Waals surface area contributed by atoms with Gasteiger partial charge >= 0.3 is 0 Å². The molecule has 3 amide bonds. The van der Waals surface area contributed by atoms with Crippen molar-refractivity contribution in [2.24, 2.45) is 0 Å². The van der Waals surface area contributed by atoms with E-state index in [1.165, 1.54) is 0 Å². The Kier molecular flexibility index (Phi) is 5.30. The summed E-state index contributed by atoms with van der Waals surface area (Å²) in [6.07, 6.45) is 2.85. The normalized spacial score (nSPS) is 17.2. The van der Waals surface area contributed by atoms with Gasteiger partial charge in [-0.2, -0.15) is 0 Å². The van der Waals surface area contributed by atoms with E-state index in [1.54, 1.807) is 18.7 Å². The summed E-state index contributed by atoms with van der Waals surface area (Å²) >= 11 is 0. The number of hydrogen-bond acceptors (Lipinski definition) is 3. The lowest BCUT2D eigenvalue weighted by molar-refractivity contribution is -0.129. The first-order chi connectivity index (χ1) is 12.4. The first-order valence-corrected chi connectivity index (χ1v) is 9.41. The third kappa shape index (κ3) is 3.45. The van der Waals surface area contributed by atoms with Gasteiger partial charge in [0.1, 0.15) is 0 Å². The van der Waals surface area contributed by atoms with Crippen LogP contribution in [-0.4, -0.2) is 48.3 Å². The Morgan fingerprint density at radius 1 is 1.08 bits per heavy atom. The lowest BCUT2D eigenvalue weighted by Crippen LogP contribution is -2.48. The monoisotopic (exact) mass is 357 g/mol. The number of fused-ring (bicyclic) bond motifs is 1. The highest BCUT2D eigenvalue weighted by atomic mass is 16.2. The van der Waals surface area contributed by atoms with Crippen molar-refractivity contribution in [2.75, 3.05) is 29.4 Å². The Labute approximate surface area is 154 Å². The standard InChI is InChI=1S/C20H27N3O3/c1-4-20(26)23(17-8-10-21(11-9-17)14(2)24)18-5-6-19-16(13-18)7-12-22(19)15(3)25/h5-6,13,17H,4,7-12H2,1-3H3. The summed E-state index contributed by atoms with van der Waals surface area (Å²) in [4.78, 5) is 41.5. The fourth-order valence-electron chi connectivity index (χ4n) is 4.03. The van der Waals surface area contributed by atoms with Gasteiger partial charge in [-0.05, 0) is 43.0 Å². The zero-order valence-corrected chi connectivity index (χ0v) is 15.8. The van der Waals surface area contributed by atoms with Gasteiger partial charge in [0, 0.05) is 57.3 Å². The van der Waals surface area contributed by atoms with Crippen molar-refractivity contribution in [3.05, 3.63) is 23.8 Å². The molecule has 2 heterocycles. The van der Waals surface area contributed by atoms with Crippen molar-refractivity contribution in [3.63, 3.8) is 0 Å². The molecule has 0 aliphatic carbocycles. The van der Waals surface area contributed by atoms with Crippen LogP contribution in [0.5, 0.6) is 0 Å². The van der Waals surface area contributed by atoms with Crippen molar-refractivity contribution >= 4 is 29.1 Å². The molecule has 0 N–H and O–H groups in total. The van der Waals surface area contributed by atoms with Crippen molar-refractivity contribution < 1.29 is 14.4 Å². The molecular formula is C20H27N3O3. The molecule has 140 valence electrons. The second kappa shape index (κ2) is 7.48. The molecule has 2 aliphatic heterocycles. The summed E-state index contributed by atoms with van der Waals surface area (Å²) in [6, 6.07) is 6.08. The molecule has 0 unspecified atom stereocenters. The molecule has 0 atom stereocenters. The Morgan fingerprint density at radius 2 is 1.77 bits per heavy atom. The first-order valence-electron chi connectivity index (χ1n) is 9.41. The molecule has 0 bridgehead atoms. The number of likely N-dealkylation sites (tertiary alicyclic amines) is 1. The number of nitrogens with zero attached hydrogens (tertiary/aromatic N) is 3. The number of carbonyl (C=O) groups excluding carboxylic acids is 3. The minimum atomic E-state index is 0.0506. The average Bonchev–Trinajstić information content (AvgIpc) is 3.05. The van der Waals surface area contributed by atoms with E-state index in [-0.39, 0.29) is 23.8 Å². The third-order valence-corrected chi connectivity index (χ3v) is 5.46. The van der Waals surface area contributed by atoms with E-state index in [1.807, 2.05) is 28.9 Å². The zero-order chi connectivity index (χ0) is 18.8. The summed E-state index contributed by atoms with van der Waals surface area (Å²) in [5, 5.41) is 0. The molecule has 0 spiro atoms. The predicted molar refractivity (Wildman–Crippen MR) is 101 cm³/mol. The van der Waals surface area contributed by atoms with Crippen LogP contribution in [0, 0.1) is 0 Å². The van der Waals surface area contributed by atoms with Crippen LogP contribution in [0.1, 0.15) is 45.6 Å². The number of piperidine rings is 1. The summed E-state index contributed by atoms with van der Waals surface area (Å²) in [5.74, 6) is 0.251. The average molecular weight is 357 g/mol. The summed E-state index contributed by atoms with van der Waals surface area (Å²) in [7, 11) is 0. The highest BCUT2D eigenvalue weighted by Crippen LogP contribution is 2.34. The van der Waals surface area contributed by atoms with E-state index in [4.69, 9.17) is 0 Å². The minimum Gasteiger partial charge on any atom is -0.343 e. The highest BCUT2D eigenvalue weighted by Gasteiger charge is 2.30. The predicted octanol–water partition coefficient (Wildman–Crippen LogP) is 2.35. The van der Waals surface area contributed by atoms with Gasteiger partial charge in [0.25, 0.3) is 0 Å².